The number of terminal acetylenes is 1. The molecule has 0 saturated heterocycles. The molecular formula is C53H86O14. The first kappa shape index (κ1) is 66.4. The van der Waals surface area contributed by atoms with Crippen LogP contribution in [-0.4, -0.2) is 92.5 Å². The van der Waals surface area contributed by atoms with Crippen molar-refractivity contribution in [2.24, 2.45) is 71.0 Å². The smallest absolute Gasteiger partial charge is 0.373 e. The Morgan fingerprint density at radius 1 is 0.552 bits per heavy atom. The number of ether oxygens (including phenoxy) is 5. The molecule has 0 aliphatic heterocycles. The van der Waals surface area contributed by atoms with Gasteiger partial charge in [-0.2, -0.15) is 9.59 Å². The van der Waals surface area contributed by atoms with Gasteiger partial charge in [-0.1, -0.05) is 71.7 Å². The van der Waals surface area contributed by atoms with Crippen molar-refractivity contribution in [3.63, 3.8) is 0 Å². The molecule has 67 heavy (non-hydrogen) atoms. The quantitative estimate of drug-likeness (QED) is 0.0584. The molecule has 0 heterocycles. The number of hydrogen-bond acceptors (Lipinski definition) is 14. The average Bonchev–Trinajstić information content (AvgIpc) is 4.17. The molecular weight excluding hydrogens is 861 g/mol. The van der Waals surface area contributed by atoms with Gasteiger partial charge in [0.05, 0.1) is 56.7 Å². The molecule has 14 heteroatoms. The molecule has 0 spiro atoms. The number of allylic oxidation sites excluding steroid dienone is 7. The van der Waals surface area contributed by atoms with Crippen LogP contribution in [0.1, 0.15) is 122 Å². The highest BCUT2D eigenvalue weighted by Crippen LogP contribution is 2.54. The first-order valence-corrected chi connectivity index (χ1v) is 23.0. The third kappa shape index (κ3) is 20.5. The highest BCUT2D eigenvalue weighted by Gasteiger charge is 2.55. The van der Waals surface area contributed by atoms with Gasteiger partial charge in [-0.05, 0) is 140 Å². The number of fused-ring (bicyclic) bond motifs is 6. The Hall–Kier alpha value is -4.83. The van der Waals surface area contributed by atoms with E-state index in [1.54, 1.807) is 40.7 Å². The van der Waals surface area contributed by atoms with E-state index in [1.807, 2.05) is 19.1 Å². The second-order valence-corrected chi connectivity index (χ2v) is 16.2. The maximum atomic E-state index is 11.9. The lowest BCUT2D eigenvalue weighted by Gasteiger charge is -2.27. The van der Waals surface area contributed by atoms with Crippen molar-refractivity contribution in [3.05, 3.63) is 48.6 Å². The minimum absolute atomic E-state index is 0. The third-order valence-corrected chi connectivity index (χ3v) is 12.7. The molecule has 5 saturated carbocycles. The van der Waals surface area contributed by atoms with Crippen LogP contribution in [0, 0.1) is 83.9 Å². The van der Waals surface area contributed by atoms with Gasteiger partial charge in [0.2, 0.25) is 0 Å². The highest BCUT2D eigenvalue weighted by molar-refractivity contribution is 5.85. The van der Waals surface area contributed by atoms with Crippen LogP contribution in [0.5, 0.6) is 0 Å². The summed E-state index contributed by atoms with van der Waals surface area (Å²) in [6.45, 7) is 13.4. The highest BCUT2D eigenvalue weighted by atomic mass is 16.6. The summed E-state index contributed by atoms with van der Waals surface area (Å²) < 4.78 is 24.9. The molecule has 0 aromatic carbocycles. The first-order chi connectivity index (χ1) is 31.0. The zero-order valence-electron chi connectivity index (χ0n) is 38.8. The molecule has 382 valence electrons. The minimum atomic E-state index is -0.344. The fourth-order valence-electron chi connectivity index (χ4n) is 10.3. The van der Waals surface area contributed by atoms with Crippen LogP contribution in [0.25, 0.3) is 0 Å². The van der Waals surface area contributed by atoms with Gasteiger partial charge in [-0.3, -0.25) is 19.2 Å². The van der Waals surface area contributed by atoms with E-state index in [0.29, 0.717) is 56.7 Å². The largest absolute Gasteiger partial charge is 0.466 e. The predicted octanol–water partition coefficient (Wildman–Crippen LogP) is 8.55. The number of aliphatic hydroxyl groups excluding tert-OH is 2. The zero-order chi connectivity index (χ0) is 48.0. The number of carbonyl (C=O) groups excluding carboxylic acids is 7. The van der Waals surface area contributed by atoms with Gasteiger partial charge in [0.25, 0.3) is 0 Å². The maximum Gasteiger partial charge on any atom is 0.373 e. The van der Waals surface area contributed by atoms with Crippen LogP contribution in [0.15, 0.2) is 48.6 Å². The van der Waals surface area contributed by atoms with E-state index in [2.05, 4.69) is 41.9 Å². The van der Waals surface area contributed by atoms with Crippen molar-refractivity contribution < 1.29 is 67.5 Å². The molecule has 12 atom stereocenters. The van der Waals surface area contributed by atoms with Crippen molar-refractivity contribution in [1.82, 2.24) is 0 Å². The molecule has 2 N–H and O–H groups in total. The second kappa shape index (κ2) is 38.2. The summed E-state index contributed by atoms with van der Waals surface area (Å²) >= 11 is 0. The van der Waals surface area contributed by atoms with Crippen molar-refractivity contribution in [2.75, 3.05) is 46.2 Å². The number of esters is 5. The molecule has 0 radical (unpaired) electrons. The normalized spacial score (nSPS) is 28.1. The van der Waals surface area contributed by atoms with Gasteiger partial charge < -0.3 is 33.9 Å². The molecule has 0 amide bonds. The van der Waals surface area contributed by atoms with E-state index in [-0.39, 0.29) is 107 Å². The number of rotatable bonds is 13. The Kier molecular flexibility index (Phi) is 37.9. The Balaban J connectivity index is -0.000000768. The van der Waals surface area contributed by atoms with Gasteiger partial charge in [0, 0.05) is 19.3 Å². The molecule has 6 bridgehead atoms. The second-order valence-electron chi connectivity index (χ2n) is 16.2. The fourth-order valence-corrected chi connectivity index (χ4v) is 10.3. The van der Waals surface area contributed by atoms with Crippen LogP contribution in [0.2, 0.25) is 0 Å². The van der Waals surface area contributed by atoms with E-state index >= 15 is 0 Å². The van der Waals surface area contributed by atoms with Crippen LogP contribution in [0.3, 0.4) is 0 Å². The van der Waals surface area contributed by atoms with E-state index in [1.165, 1.54) is 25.3 Å². The first-order valence-electron chi connectivity index (χ1n) is 23.0. The summed E-state index contributed by atoms with van der Waals surface area (Å²) in [4.78, 5) is 74.4. The Morgan fingerprint density at radius 2 is 0.881 bits per heavy atom. The van der Waals surface area contributed by atoms with E-state index in [9.17, 15) is 24.0 Å². The van der Waals surface area contributed by atoms with Gasteiger partial charge in [-0.25, -0.2) is 4.79 Å². The number of carbonyl (C=O) groups is 5. The van der Waals surface area contributed by atoms with Crippen molar-refractivity contribution >= 4 is 36.0 Å². The van der Waals surface area contributed by atoms with Crippen molar-refractivity contribution in [3.8, 4) is 12.8 Å². The van der Waals surface area contributed by atoms with Gasteiger partial charge in [-0.15, -0.1) is 12.8 Å². The standard InChI is InChI=1S/C13H20O4.C13H18O4.C9H16O2.C7H12O2.C5H6.C2H2.CO2.3CH4/c2*1-3-16-12(14)10-8-5-6-9(7-8)11(10)13(15)17-4-2;10-4-8-6-1-2-7(3-6)9(8)5-11;1-3-5-6-7(8)9-4-2;1-2-4-5-3-1;1-2;2-1-3;;;/h8-11H,3-7H2,1-2H3;5-6,8-11H,3-4,7H2,1-2H3;6-11H,1-5H2;5-6H,3-4H2,1-2H3;1-4H,5H2;1-2H;;3*1H4/b;;;6-5+;;;;;;/t2*8-,9+,10-,11?;6-,7+,8-,9-;;;;;;;/m111......./s1. The van der Waals surface area contributed by atoms with Crippen LogP contribution in [-0.2, 0) is 57.2 Å². The molecule has 7 rings (SSSR count). The lowest BCUT2D eigenvalue weighted by atomic mass is 9.79. The molecule has 2 unspecified atom stereocenters. The summed E-state index contributed by atoms with van der Waals surface area (Å²) in [7, 11) is 0. The maximum absolute atomic E-state index is 11.9. The van der Waals surface area contributed by atoms with Crippen LogP contribution >= 0.6 is 0 Å². The van der Waals surface area contributed by atoms with Gasteiger partial charge in [0.15, 0.2) is 0 Å². The molecule has 0 aromatic rings. The molecule has 7 aliphatic rings. The van der Waals surface area contributed by atoms with E-state index < -0.39 is 0 Å². The Labute approximate surface area is 402 Å². The average molecular weight is 947 g/mol. The number of hydrogen-bond donors (Lipinski definition) is 2. The summed E-state index contributed by atoms with van der Waals surface area (Å²) in [6.07, 6.45) is 33.7. The van der Waals surface area contributed by atoms with Gasteiger partial charge >= 0.3 is 36.0 Å². The predicted molar refractivity (Wildman–Crippen MR) is 258 cm³/mol. The SMILES string of the molecule is C.C.C.C#C.C1=CCC=C1.CC/C=C/C(=O)OCC.CCOC(=O)C1[C@H]2C=C[C@H](C2)[C@H]1C(=O)OCC.CCOC(=O)C1[C@H]2CC[C@H](C2)[C@H]1C(=O)OCC.O=C=O.OC[C@@H]1[C@@H]2CC[C@@H](C2)[C@H]1CO. The third-order valence-electron chi connectivity index (χ3n) is 12.7. The lowest BCUT2D eigenvalue weighted by Crippen LogP contribution is -2.36. The zero-order valence-corrected chi connectivity index (χ0v) is 38.8. The fraction of sp³-hybridized carbons (Fsp3) is 0.698. The van der Waals surface area contributed by atoms with Crippen LogP contribution in [0.4, 0.5) is 0 Å². The topological polar surface area (TPSA) is 206 Å². The van der Waals surface area contributed by atoms with Gasteiger partial charge in [0.1, 0.15) is 0 Å². The van der Waals surface area contributed by atoms with Crippen LogP contribution < -0.4 is 0 Å². The molecule has 5 fully saturated rings. The summed E-state index contributed by atoms with van der Waals surface area (Å²) in [5, 5.41) is 18.2. The molecule has 14 nitrogen and oxygen atoms in total. The van der Waals surface area contributed by atoms with E-state index in [4.69, 9.17) is 38.7 Å². The summed E-state index contributed by atoms with van der Waals surface area (Å²) in [6, 6.07) is 0. The lowest BCUT2D eigenvalue weighted by molar-refractivity contribution is -0.192. The summed E-state index contributed by atoms with van der Waals surface area (Å²) in [5.41, 5.74) is 0. The van der Waals surface area contributed by atoms with Crippen molar-refractivity contribution in [1.29, 1.82) is 0 Å². The number of aliphatic hydroxyl groups is 2. The monoisotopic (exact) mass is 947 g/mol. The van der Waals surface area contributed by atoms with Crippen molar-refractivity contribution in [2.45, 2.75) is 122 Å². The Bertz CT molecular complexity index is 1500. The Morgan fingerprint density at radius 3 is 1.18 bits per heavy atom. The molecule has 7 aliphatic carbocycles. The summed E-state index contributed by atoms with van der Waals surface area (Å²) in [5.74, 6) is 0.832. The molecule has 0 aromatic heterocycles. The minimum Gasteiger partial charge on any atom is -0.466 e. The van der Waals surface area contributed by atoms with E-state index in [0.717, 1.165) is 50.4 Å².